The zero-order valence-corrected chi connectivity index (χ0v) is 17.9. The van der Waals surface area contributed by atoms with E-state index >= 15 is 0 Å². The Morgan fingerprint density at radius 2 is 0.700 bits per heavy atom. The van der Waals surface area contributed by atoms with Gasteiger partial charge in [-0.3, -0.25) is 0 Å². The zero-order chi connectivity index (χ0) is 13.6. The van der Waals surface area contributed by atoms with Gasteiger partial charge in [-0.15, -0.1) is 0 Å². The number of hydrogen-bond donors (Lipinski definition) is 0. The summed E-state index contributed by atoms with van der Waals surface area (Å²) in [5, 5.41) is 5.42. The number of hydrogen-bond acceptors (Lipinski definition) is 0. The van der Waals surface area contributed by atoms with Gasteiger partial charge in [0.25, 0.3) is 0 Å². The molecule has 2 aromatic carbocycles. The van der Waals surface area contributed by atoms with Gasteiger partial charge >= 0.3 is 145 Å². The van der Waals surface area contributed by atoms with Gasteiger partial charge in [0, 0.05) is 0 Å². The van der Waals surface area contributed by atoms with Gasteiger partial charge in [0.15, 0.2) is 0 Å². The Morgan fingerprint density at radius 3 is 0.950 bits per heavy atom. The molecule has 0 saturated carbocycles. The van der Waals surface area contributed by atoms with Gasteiger partial charge in [-0.1, -0.05) is 0 Å². The van der Waals surface area contributed by atoms with Crippen LogP contribution in [0.3, 0.4) is 0 Å². The summed E-state index contributed by atoms with van der Waals surface area (Å²) in [7, 11) is 0. The summed E-state index contributed by atoms with van der Waals surface area (Å²) in [6.07, 6.45) is 0. The Balaban J connectivity index is 1.75. The Bertz CT molecular complexity index is 466. The van der Waals surface area contributed by atoms with Crippen molar-refractivity contribution in [3.63, 3.8) is 0 Å². The molecule has 0 nitrogen and oxygen atoms in total. The molecule has 104 valence electrons. The Hall–Kier alpha value is 0.518. The second kappa shape index (κ2) is 8.23. The first-order chi connectivity index (χ1) is 9.93. The summed E-state index contributed by atoms with van der Waals surface area (Å²) in [4.78, 5) is 0. The Labute approximate surface area is 143 Å². The third-order valence-electron chi connectivity index (χ3n) is 3.26. The minimum atomic E-state index is 0.813. The quantitative estimate of drug-likeness (QED) is 0.464. The van der Waals surface area contributed by atoms with E-state index in [-0.39, 0.29) is 0 Å². The van der Waals surface area contributed by atoms with Crippen LogP contribution in [0.2, 0.25) is 0 Å². The van der Waals surface area contributed by atoms with E-state index in [4.69, 9.17) is 0 Å². The van der Waals surface area contributed by atoms with Gasteiger partial charge in [0.2, 0.25) is 0 Å². The maximum atomic E-state index is 2.37. The molecule has 1 aliphatic heterocycles. The van der Waals surface area contributed by atoms with Crippen LogP contribution in [0.5, 0.6) is 0 Å². The van der Waals surface area contributed by atoms with Crippen molar-refractivity contribution in [3.8, 4) is 0 Å². The zero-order valence-electron chi connectivity index (χ0n) is 11.1. The van der Waals surface area contributed by atoms with Crippen LogP contribution in [0.25, 0.3) is 0 Å². The van der Waals surface area contributed by atoms with Crippen molar-refractivity contribution >= 4 is 52.5 Å². The third-order valence-corrected chi connectivity index (χ3v) is 16.3. The molecule has 0 atom stereocenters. The second-order valence-corrected chi connectivity index (χ2v) is 19.3. The number of rotatable bonds is 0. The molecule has 0 aliphatic carbocycles. The molecule has 4 heteroatoms. The van der Waals surface area contributed by atoms with Gasteiger partial charge < -0.3 is 0 Å². The first kappa shape index (κ1) is 15.4. The van der Waals surface area contributed by atoms with E-state index in [2.05, 4.69) is 48.5 Å². The fourth-order valence-corrected chi connectivity index (χ4v) is 15.4. The van der Waals surface area contributed by atoms with E-state index < -0.39 is 0 Å². The molecule has 0 fully saturated rings. The third kappa shape index (κ3) is 4.26. The summed E-state index contributed by atoms with van der Waals surface area (Å²) in [6.45, 7) is 0. The van der Waals surface area contributed by atoms with Crippen LogP contribution in [0.1, 0.15) is 22.3 Å². The molecule has 0 spiro atoms. The SMILES string of the molecule is c1ccc2c(c1)C[Se][Se]Cc1ccccc1C[Se][Se]C2. The van der Waals surface area contributed by atoms with E-state index in [1.54, 1.807) is 22.3 Å². The van der Waals surface area contributed by atoms with Crippen LogP contribution in [0.4, 0.5) is 0 Å². The van der Waals surface area contributed by atoms with Gasteiger partial charge in [0.1, 0.15) is 0 Å². The molecule has 1 aliphatic rings. The van der Waals surface area contributed by atoms with E-state index in [1.165, 1.54) is 21.3 Å². The van der Waals surface area contributed by atoms with Crippen molar-refractivity contribution in [3.05, 3.63) is 70.8 Å². The topological polar surface area (TPSA) is 0 Å². The van der Waals surface area contributed by atoms with E-state index in [1.807, 2.05) is 0 Å². The standard InChI is InChI=1S/C16H16Se4/c1-2-6-14-10-18-20-12-16-8-4-3-7-15(16)11-19-17-9-13(14)5-1/h1-8H,9-12H2. The summed E-state index contributed by atoms with van der Waals surface area (Å²) in [5.41, 5.74) is 6.61. The molecule has 0 amide bonds. The molecule has 0 N–H and O–H groups in total. The molecule has 20 heavy (non-hydrogen) atoms. The van der Waals surface area contributed by atoms with Crippen LogP contribution in [-0.2, 0) is 21.3 Å². The summed E-state index contributed by atoms with van der Waals surface area (Å²) < 4.78 is 0. The fraction of sp³-hybridized carbons (Fsp3) is 0.250. The first-order valence-electron chi connectivity index (χ1n) is 6.56. The average molecular weight is 524 g/mol. The Morgan fingerprint density at radius 1 is 0.450 bits per heavy atom. The summed E-state index contributed by atoms with van der Waals surface area (Å²) in [6, 6.07) is 18.4. The Kier molecular flexibility index (Phi) is 6.34. The first-order valence-corrected chi connectivity index (χ1v) is 20.1. The van der Waals surface area contributed by atoms with Crippen LogP contribution >= 0.6 is 0 Å². The molecule has 3 rings (SSSR count). The van der Waals surface area contributed by atoms with Crippen molar-refractivity contribution in [2.75, 3.05) is 0 Å². The van der Waals surface area contributed by atoms with Crippen molar-refractivity contribution in [2.24, 2.45) is 0 Å². The van der Waals surface area contributed by atoms with Crippen molar-refractivity contribution in [1.82, 2.24) is 0 Å². The molecule has 2 aromatic rings. The summed E-state index contributed by atoms with van der Waals surface area (Å²) in [5.74, 6) is 0. The van der Waals surface area contributed by atoms with Crippen LogP contribution in [-0.4, -0.2) is 52.5 Å². The van der Waals surface area contributed by atoms with Gasteiger partial charge in [-0.05, 0) is 0 Å². The van der Waals surface area contributed by atoms with E-state index in [0.717, 1.165) is 52.5 Å². The molecule has 0 aromatic heterocycles. The van der Waals surface area contributed by atoms with Crippen LogP contribution < -0.4 is 0 Å². The summed E-state index contributed by atoms with van der Waals surface area (Å²) >= 11 is 3.25. The predicted octanol–water partition coefficient (Wildman–Crippen LogP) is 2.05. The second-order valence-electron chi connectivity index (χ2n) is 4.59. The van der Waals surface area contributed by atoms with Gasteiger partial charge in [-0.2, -0.15) is 0 Å². The van der Waals surface area contributed by atoms with Crippen LogP contribution in [0.15, 0.2) is 48.5 Å². The van der Waals surface area contributed by atoms with Crippen molar-refractivity contribution < 1.29 is 0 Å². The fourth-order valence-electron chi connectivity index (χ4n) is 2.10. The molecule has 0 saturated heterocycles. The van der Waals surface area contributed by atoms with E-state index in [9.17, 15) is 0 Å². The molecular formula is C16H16Se4. The van der Waals surface area contributed by atoms with Crippen LogP contribution in [0, 0.1) is 0 Å². The number of fused-ring (bicyclic) bond motifs is 2. The predicted molar refractivity (Wildman–Crippen MR) is 90.7 cm³/mol. The van der Waals surface area contributed by atoms with Crippen molar-refractivity contribution in [1.29, 1.82) is 0 Å². The van der Waals surface area contributed by atoms with Crippen molar-refractivity contribution in [2.45, 2.75) is 21.3 Å². The monoisotopic (exact) mass is 528 g/mol. The molecular weight excluding hydrogens is 508 g/mol. The maximum absolute atomic E-state index is 2.37. The van der Waals surface area contributed by atoms with Gasteiger partial charge in [-0.25, -0.2) is 0 Å². The molecule has 0 bridgehead atoms. The molecule has 0 radical (unpaired) electrons. The normalized spacial score (nSPS) is 16.4. The average Bonchev–Trinajstić information content (AvgIpc) is 2.49. The van der Waals surface area contributed by atoms with Gasteiger partial charge in [0.05, 0.1) is 0 Å². The van der Waals surface area contributed by atoms with E-state index in [0.29, 0.717) is 0 Å². The minimum absolute atomic E-state index is 0.813. The number of benzene rings is 2. The molecule has 0 unspecified atom stereocenters. The molecule has 1 heterocycles.